The van der Waals surface area contributed by atoms with Crippen molar-refractivity contribution in [1.29, 1.82) is 0 Å². The lowest BCUT2D eigenvalue weighted by Gasteiger charge is -2.25. The van der Waals surface area contributed by atoms with Gasteiger partial charge >= 0.3 is 0 Å². The predicted octanol–water partition coefficient (Wildman–Crippen LogP) is 2.35. The van der Waals surface area contributed by atoms with Gasteiger partial charge in [0.15, 0.2) is 0 Å². The molecule has 1 aromatic heterocycles. The molecule has 1 heterocycles. The number of rotatable bonds is 8. The van der Waals surface area contributed by atoms with Gasteiger partial charge in [0.1, 0.15) is 6.04 Å². The maximum Gasteiger partial charge on any atom is 0.243 e. The average molecular weight is 294 g/mol. The summed E-state index contributed by atoms with van der Waals surface area (Å²) in [6.45, 7) is 6.54. The second-order valence-electron chi connectivity index (χ2n) is 6.53. The summed E-state index contributed by atoms with van der Waals surface area (Å²) >= 11 is 0. The fourth-order valence-electron chi connectivity index (χ4n) is 2.49. The van der Waals surface area contributed by atoms with Crippen LogP contribution in [0.1, 0.15) is 51.8 Å². The average Bonchev–Trinajstić information content (AvgIpc) is 2.74. The largest absolute Gasteiger partial charge is 0.352 e. The van der Waals surface area contributed by atoms with Gasteiger partial charge in [0, 0.05) is 13.1 Å². The Kier molecular flexibility index (Phi) is 6.89. The predicted molar refractivity (Wildman–Crippen MR) is 85.9 cm³/mol. The van der Waals surface area contributed by atoms with Gasteiger partial charge in [0.2, 0.25) is 5.91 Å². The van der Waals surface area contributed by atoms with Crippen LogP contribution in [0.5, 0.6) is 0 Å². The molecule has 0 fully saturated rings. The third kappa shape index (κ3) is 5.50. The number of carbonyl (C=O) groups is 1. The van der Waals surface area contributed by atoms with E-state index in [1.807, 2.05) is 30.6 Å². The molecule has 1 rings (SSSR count). The number of nitrogens with zero attached hydrogens (tertiary/aromatic N) is 3. The van der Waals surface area contributed by atoms with Crippen molar-refractivity contribution in [1.82, 2.24) is 19.8 Å². The standard InChI is InChI=1S/C16H30N4O/c1-12(2)8-7-9-13(3)18-16(21)15(19(4)5)14-10-17-11-20(14)6/h10-13,15H,7-9H2,1-6H3,(H,18,21)/t13-,15+/m0/s1. The third-order valence-electron chi connectivity index (χ3n) is 3.71. The molecule has 0 spiro atoms. The zero-order chi connectivity index (χ0) is 16.0. The molecule has 0 aliphatic carbocycles. The van der Waals surface area contributed by atoms with Crippen molar-refractivity contribution in [3.63, 3.8) is 0 Å². The number of aromatic nitrogens is 2. The molecule has 1 N–H and O–H groups in total. The van der Waals surface area contributed by atoms with Crippen LogP contribution in [0.25, 0.3) is 0 Å². The minimum Gasteiger partial charge on any atom is -0.352 e. The number of carbonyl (C=O) groups excluding carboxylic acids is 1. The van der Waals surface area contributed by atoms with E-state index in [9.17, 15) is 4.79 Å². The number of amides is 1. The first-order chi connectivity index (χ1) is 9.82. The summed E-state index contributed by atoms with van der Waals surface area (Å²) in [5, 5.41) is 3.13. The van der Waals surface area contributed by atoms with Crippen LogP contribution in [0.3, 0.4) is 0 Å². The van der Waals surface area contributed by atoms with Crippen LogP contribution >= 0.6 is 0 Å². The molecular formula is C16H30N4O. The van der Waals surface area contributed by atoms with Gasteiger partial charge in [-0.2, -0.15) is 0 Å². The van der Waals surface area contributed by atoms with Crippen LogP contribution < -0.4 is 5.32 Å². The maximum atomic E-state index is 12.5. The molecule has 5 nitrogen and oxygen atoms in total. The zero-order valence-electron chi connectivity index (χ0n) is 14.3. The van der Waals surface area contributed by atoms with E-state index in [-0.39, 0.29) is 18.0 Å². The van der Waals surface area contributed by atoms with E-state index in [4.69, 9.17) is 0 Å². The van der Waals surface area contributed by atoms with E-state index in [0.29, 0.717) is 0 Å². The first-order valence-corrected chi connectivity index (χ1v) is 7.76. The number of nitrogens with one attached hydrogen (secondary N) is 1. The van der Waals surface area contributed by atoms with Crippen molar-refractivity contribution in [3.05, 3.63) is 18.2 Å². The first kappa shape index (κ1) is 17.7. The Morgan fingerprint density at radius 1 is 1.33 bits per heavy atom. The Balaban J connectivity index is 2.60. The Morgan fingerprint density at radius 3 is 2.48 bits per heavy atom. The summed E-state index contributed by atoms with van der Waals surface area (Å²) in [6, 6.07) is -0.100. The number of hydrogen-bond donors (Lipinski definition) is 1. The molecule has 1 aromatic rings. The van der Waals surface area contributed by atoms with E-state index in [0.717, 1.165) is 24.5 Å². The lowest BCUT2D eigenvalue weighted by atomic mass is 10.0. The van der Waals surface area contributed by atoms with Crippen LogP contribution in [-0.4, -0.2) is 40.5 Å². The second kappa shape index (κ2) is 8.17. The van der Waals surface area contributed by atoms with Gasteiger partial charge in [-0.3, -0.25) is 9.69 Å². The minimum atomic E-state index is -0.301. The highest BCUT2D eigenvalue weighted by Gasteiger charge is 2.26. The van der Waals surface area contributed by atoms with Gasteiger partial charge in [-0.25, -0.2) is 4.98 Å². The number of aryl methyl sites for hydroxylation is 1. The van der Waals surface area contributed by atoms with Crippen molar-refractivity contribution < 1.29 is 4.79 Å². The van der Waals surface area contributed by atoms with Crippen LogP contribution in [0, 0.1) is 5.92 Å². The molecule has 0 aromatic carbocycles. The van der Waals surface area contributed by atoms with Gasteiger partial charge in [0.25, 0.3) is 0 Å². The fourth-order valence-corrected chi connectivity index (χ4v) is 2.49. The van der Waals surface area contributed by atoms with Crippen LogP contribution in [-0.2, 0) is 11.8 Å². The number of hydrogen-bond acceptors (Lipinski definition) is 3. The third-order valence-corrected chi connectivity index (χ3v) is 3.71. The topological polar surface area (TPSA) is 50.2 Å². The van der Waals surface area contributed by atoms with Gasteiger partial charge < -0.3 is 9.88 Å². The maximum absolute atomic E-state index is 12.5. The van der Waals surface area contributed by atoms with Crippen molar-refractivity contribution >= 4 is 5.91 Å². The second-order valence-corrected chi connectivity index (χ2v) is 6.53. The molecule has 0 saturated heterocycles. The summed E-state index contributed by atoms with van der Waals surface area (Å²) in [5.74, 6) is 0.762. The Hall–Kier alpha value is -1.36. The monoisotopic (exact) mass is 294 g/mol. The quantitative estimate of drug-likeness (QED) is 0.800. The van der Waals surface area contributed by atoms with E-state index in [1.165, 1.54) is 6.42 Å². The van der Waals surface area contributed by atoms with Crippen LogP contribution in [0.4, 0.5) is 0 Å². The Labute approximate surface area is 128 Å². The molecule has 120 valence electrons. The molecular weight excluding hydrogens is 264 g/mol. The zero-order valence-corrected chi connectivity index (χ0v) is 14.3. The summed E-state index contributed by atoms with van der Waals surface area (Å²) in [6.07, 6.45) is 6.87. The smallest absolute Gasteiger partial charge is 0.243 e. The fraction of sp³-hybridized carbons (Fsp3) is 0.750. The van der Waals surface area contributed by atoms with Crippen LogP contribution in [0.15, 0.2) is 12.5 Å². The molecule has 0 saturated carbocycles. The summed E-state index contributed by atoms with van der Waals surface area (Å²) in [5.41, 5.74) is 0.909. The summed E-state index contributed by atoms with van der Waals surface area (Å²) < 4.78 is 1.90. The summed E-state index contributed by atoms with van der Waals surface area (Å²) in [7, 11) is 5.75. The first-order valence-electron chi connectivity index (χ1n) is 7.76. The van der Waals surface area contributed by atoms with Crippen molar-refractivity contribution in [2.24, 2.45) is 13.0 Å². The molecule has 0 radical (unpaired) electrons. The highest BCUT2D eigenvalue weighted by molar-refractivity contribution is 5.82. The Morgan fingerprint density at radius 2 is 2.00 bits per heavy atom. The molecule has 21 heavy (non-hydrogen) atoms. The number of likely N-dealkylation sites (N-methyl/N-ethyl adjacent to an activating group) is 1. The van der Waals surface area contributed by atoms with Crippen LogP contribution in [0.2, 0.25) is 0 Å². The summed E-state index contributed by atoms with van der Waals surface area (Å²) in [4.78, 5) is 18.6. The highest BCUT2D eigenvalue weighted by atomic mass is 16.2. The van der Waals surface area contributed by atoms with E-state index >= 15 is 0 Å². The minimum absolute atomic E-state index is 0.0423. The van der Waals surface area contributed by atoms with Gasteiger partial charge in [-0.1, -0.05) is 26.7 Å². The van der Waals surface area contributed by atoms with Gasteiger partial charge in [-0.05, 0) is 33.4 Å². The lowest BCUT2D eigenvalue weighted by Crippen LogP contribution is -2.41. The number of imidazole rings is 1. The molecule has 0 aliphatic heterocycles. The molecule has 0 unspecified atom stereocenters. The van der Waals surface area contributed by atoms with E-state index < -0.39 is 0 Å². The van der Waals surface area contributed by atoms with E-state index in [1.54, 1.807) is 12.5 Å². The van der Waals surface area contributed by atoms with E-state index in [2.05, 4.69) is 31.1 Å². The molecule has 2 atom stereocenters. The lowest BCUT2D eigenvalue weighted by molar-refractivity contribution is -0.126. The highest BCUT2D eigenvalue weighted by Crippen LogP contribution is 2.18. The molecule has 0 bridgehead atoms. The van der Waals surface area contributed by atoms with Gasteiger partial charge in [-0.15, -0.1) is 0 Å². The Bertz CT molecular complexity index is 439. The SMILES string of the molecule is CC(C)CCC[C@H](C)NC(=O)[C@@H](c1cncn1C)N(C)C. The normalized spacial score (nSPS) is 14.5. The van der Waals surface area contributed by atoms with Crippen molar-refractivity contribution in [2.75, 3.05) is 14.1 Å². The molecule has 0 aliphatic rings. The van der Waals surface area contributed by atoms with Gasteiger partial charge in [0.05, 0.1) is 18.2 Å². The molecule has 1 amide bonds. The van der Waals surface area contributed by atoms with Crippen molar-refractivity contribution in [2.45, 2.75) is 52.1 Å². The van der Waals surface area contributed by atoms with Crippen molar-refractivity contribution in [3.8, 4) is 0 Å². The molecule has 5 heteroatoms.